The quantitative estimate of drug-likeness (QED) is 0.383. The fourth-order valence-corrected chi connectivity index (χ4v) is 3.33. The number of amides is 1. The Morgan fingerprint density at radius 3 is 2.40 bits per heavy atom. The van der Waals surface area contributed by atoms with Crippen molar-refractivity contribution in [2.75, 3.05) is 5.32 Å². The lowest BCUT2D eigenvalue weighted by Gasteiger charge is -2.08. The number of rotatable bonds is 4. The smallest absolute Gasteiger partial charge is 0.295 e. The molecule has 4 aromatic rings. The third-order valence-electron chi connectivity index (χ3n) is 4.40. The minimum absolute atomic E-state index is 0.0108. The summed E-state index contributed by atoms with van der Waals surface area (Å²) in [4.78, 5) is 17.3. The Morgan fingerprint density at radius 2 is 1.70 bits per heavy atom. The normalized spacial score (nSPS) is 10.8. The first-order valence-electron chi connectivity index (χ1n) is 8.97. The van der Waals surface area contributed by atoms with Gasteiger partial charge in [0.15, 0.2) is 5.82 Å². The van der Waals surface area contributed by atoms with Crippen molar-refractivity contribution < 1.29 is 4.79 Å². The average Bonchev–Trinajstić information content (AvgIpc) is 3.17. The van der Waals surface area contributed by atoms with Crippen LogP contribution in [-0.2, 0) is 0 Å². The van der Waals surface area contributed by atoms with Gasteiger partial charge in [-0.1, -0.05) is 53.0 Å². The van der Waals surface area contributed by atoms with Crippen LogP contribution in [0.25, 0.3) is 17.1 Å². The zero-order valence-electron chi connectivity index (χ0n) is 15.7. The summed E-state index contributed by atoms with van der Waals surface area (Å²) in [6, 6.07) is 19.5. The molecule has 1 aromatic heterocycles. The van der Waals surface area contributed by atoms with Gasteiger partial charge < -0.3 is 5.32 Å². The predicted octanol–water partition coefficient (Wildman–Crippen LogP) is 6.46. The van der Waals surface area contributed by atoms with Gasteiger partial charge in [-0.2, -0.15) is 0 Å². The molecule has 1 amide bonds. The van der Waals surface area contributed by atoms with Crippen molar-refractivity contribution in [1.29, 1.82) is 0 Å². The minimum Gasteiger partial charge on any atom is -0.319 e. The lowest BCUT2D eigenvalue weighted by molar-refractivity contribution is 0.101. The summed E-state index contributed by atoms with van der Waals surface area (Å²) < 4.78 is 1.58. The van der Waals surface area contributed by atoms with Crippen LogP contribution < -0.4 is 5.32 Å². The van der Waals surface area contributed by atoms with Crippen LogP contribution in [0.5, 0.6) is 0 Å². The molecule has 0 aliphatic carbocycles. The largest absolute Gasteiger partial charge is 0.319 e. The Kier molecular flexibility index (Phi) is 5.77. The van der Waals surface area contributed by atoms with E-state index in [1.165, 1.54) is 0 Å². The SMILES string of the molecule is Cc1ccc(-n2nc(C(=O)Nc3ccc(Cl)cc3)nc2-c2cccc(Cl)c2)cc1Cl. The summed E-state index contributed by atoms with van der Waals surface area (Å²) >= 11 is 18.4. The molecule has 0 bridgehead atoms. The van der Waals surface area contributed by atoms with E-state index in [2.05, 4.69) is 15.4 Å². The van der Waals surface area contributed by atoms with Crippen molar-refractivity contribution in [3.63, 3.8) is 0 Å². The number of halogens is 3. The molecule has 0 fully saturated rings. The standard InChI is InChI=1S/C22H15Cl3N4O/c1-13-5-10-18(12-19(13)25)29-21(14-3-2-4-16(24)11-14)27-20(28-29)22(30)26-17-8-6-15(23)7-9-17/h2-12H,1H3,(H,26,30). The molecule has 30 heavy (non-hydrogen) atoms. The van der Waals surface area contributed by atoms with Crippen LogP contribution in [0.3, 0.4) is 0 Å². The number of nitrogens with one attached hydrogen (secondary N) is 1. The second-order valence-electron chi connectivity index (χ2n) is 6.58. The summed E-state index contributed by atoms with van der Waals surface area (Å²) in [5, 5.41) is 8.93. The number of aromatic nitrogens is 3. The maximum absolute atomic E-state index is 12.8. The van der Waals surface area contributed by atoms with Crippen molar-refractivity contribution in [3.8, 4) is 17.1 Å². The maximum Gasteiger partial charge on any atom is 0.295 e. The van der Waals surface area contributed by atoms with Crippen LogP contribution in [0.4, 0.5) is 5.69 Å². The molecule has 1 N–H and O–H groups in total. The highest BCUT2D eigenvalue weighted by Gasteiger charge is 2.19. The lowest BCUT2D eigenvalue weighted by Crippen LogP contribution is -2.14. The molecule has 0 aliphatic rings. The van der Waals surface area contributed by atoms with Crippen molar-refractivity contribution in [3.05, 3.63) is 93.2 Å². The Morgan fingerprint density at radius 1 is 0.933 bits per heavy atom. The van der Waals surface area contributed by atoms with E-state index < -0.39 is 5.91 Å². The van der Waals surface area contributed by atoms with E-state index in [1.54, 1.807) is 47.1 Å². The highest BCUT2D eigenvalue weighted by molar-refractivity contribution is 6.31. The number of nitrogens with zero attached hydrogens (tertiary/aromatic N) is 3. The summed E-state index contributed by atoms with van der Waals surface area (Å²) in [5.41, 5.74) is 2.92. The Labute approximate surface area is 188 Å². The molecule has 3 aromatic carbocycles. The van der Waals surface area contributed by atoms with Crippen LogP contribution in [0, 0.1) is 6.92 Å². The first-order valence-corrected chi connectivity index (χ1v) is 10.1. The van der Waals surface area contributed by atoms with Gasteiger partial charge in [0, 0.05) is 26.3 Å². The third-order valence-corrected chi connectivity index (χ3v) is 5.29. The average molecular weight is 458 g/mol. The lowest BCUT2D eigenvalue weighted by atomic mass is 10.2. The third kappa shape index (κ3) is 4.33. The van der Waals surface area contributed by atoms with Crippen molar-refractivity contribution in [1.82, 2.24) is 14.8 Å². The van der Waals surface area contributed by atoms with Gasteiger partial charge in [0.25, 0.3) is 5.91 Å². The molecule has 0 spiro atoms. The fourth-order valence-electron chi connectivity index (χ4n) is 2.84. The zero-order valence-corrected chi connectivity index (χ0v) is 18.0. The fraction of sp³-hybridized carbons (Fsp3) is 0.0455. The van der Waals surface area contributed by atoms with Crippen LogP contribution in [0.1, 0.15) is 16.2 Å². The molecular formula is C22H15Cl3N4O. The monoisotopic (exact) mass is 456 g/mol. The van der Waals surface area contributed by atoms with E-state index in [4.69, 9.17) is 34.8 Å². The van der Waals surface area contributed by atoms with Gasteiger partial charge in [-0.15, -0.1) is 5.10 Å². The Hall–Kier alpha value is -2.86. The van der Waals surface area contributed by atoms with Gasteiger partial charge in [-0.3, -0.25) is 4.79 Å². The molecule has 150 valence electrons. The Balaban J connectivity index is 1.77. The number of anilines is 1. The minimum atomic E-state index is -0.447. The van der Waals surface area contributed by atoms with Gasteiger partial charge in [0.05, 0.1) is 5.69 Å². The summed E-state index contributed by atoms with van der Waals surface area (Å²) in [6.45, 7) is 1.91. The van der Waals surface area contributed by atoms with Crippen molar-refractivity contribution >= 4 is 46.4 Å². The van der Waals surface area contributed by atoms with Gasteiger partial charge in [-0.05, 0) is 61.0 Å². The van der Waals surface area contributed by atoms with E-state index in [0.717, 1.165) is 11.1 Å². The number of benzene rings is 3. The highest BCUT2D eigenvalue weighted by Crippen LogP contribution is 2.26. The van der Waals surface area contributed by atoms with Gasteiger partial charge in [0.2, 0.25) is 5.82 Å². The maximum atomic E-state index is 12.8. The first-order chi connectivity index (χ1) is 14.4. The second-order valence-corrected chi connectivity index (χ2v) is 7.86. The number of aryl methyl sites for hydroxylation is 1. The molecule has 4 rings (SSSR count). The van der Waals surface area contributed by atoms with E-state index in [-0.39, 0.29) is 5.82 Å². The van der Waals surface area contributed by atoms with Crippen LogP contribution in [-0.4, -0.2) is 20.7 Å². The Bertz CT molecular complexity index is 1240. The molecule has 0 unspecified atom stereocenters. The van der Waals surface area contributed by atoms with Crippen molar-refractivity contribution in [2.24, 2.45) is 0 Å². The number of hydrogen-bond acceptors (Lipinski definition) is 3. The summed E-state index contributed by atoms with van der Waals surface area (Å²) in [5.74, 6) is 0.0351. The molecule has 1 heterocycles. The molecule has 8 heteroatoms. The van der Waals surface area contributed by atoms with Crippen LogP contribution in [0.2, 0.25) is 15.1 Å². The molecule has 0 saturated carbocycles. The molecular weight excluding hydrogens is 443 g/mol. The number of carbonyl (C=O) groups is 1. The van der Waals surface area contributed by atoms with Gasteiger partial charge in [0.1, 0.15) is 0 Å². The summed E-state index contributed by atoms with van der Waals surface area (Å²) in [7, 11) is 0. The predicted molar refractivity (Wildman–Crippen MR) is 121 cm³/mol. The van der Waals surface area contributed by atoms with E-state index in [1.807, 2.05) is 31.2 Å². The zero-order chi connectivity index (χ0) is 21.3. The highest BCUT2D eigenvalue weighted by atomic mass is 35.5. The van der Waals surface area contributed by atoms with Crippen LogP contribution >= 0.6 is 34.8 Å². The van der Waals surface area contributed by atoms with E-state index in [9.17, 15) is 4.79 Å². The first kappa shape index (κ1) is 20.4. The molecule has 0 radical (unpaired) electrons. The van der Waals surface area contributed by atoms with E-state index in [0.29, 0.717) is 32.3 Å². The molecule has 0 aliphatic heterocycles. The van der Waals surface area contributed by atoms with Crippen LogP contribution in [0.15, 0.2) is 66.7 Å². The van der Waals surface area contributed by atoms with Gasteiger partial charge >= 0.3 is 0 Å². The van der Waals surface area contributed by atoms with Crippen molar-refractivity contribution in [2.45, 2.75) is 6.92 Å². The molecule has 0 saturated heterocycles. The topological polar surface area (TPSA) is 59.8 Å². The second kappa shape index (κ2) is 8.48. The number of carbonyl (C=O) groups excluding carboxylic acids is 1. The summed E-state index contributed by atoms with van der Waals surface area (Å²) in [6.07, 6.45) is 0. The number of hydrogen-bond donors (Lipinski definition) is 1. The molecule has 0 atom stereocenters. The van der Waals surface area contributed by atoms with Gasteiger partial charge in [-0.25, -0.2) is 9.67 Å². The van der Waals surface area contributed by atoms with E-state index >= 15 is 0 Å². The molecule has 5 nitrogen and oxygen atoms in total.